The number of halogens is 1. The molecule has 1 aromatic heterocycles. The van der Waals surface area contributed by atoms with Gasteiger partial charge in [-0.15, -0.1) is 0 Å². The highest BCUT2D eigenvalue weighted by molar-refractivity contribution is 5.94. The van der Waals surface area contributed by atoms with Crippen LogP contribution in [0.25, 0.3) is 0 Å². The van der Waals surface area contributed by atoms with Crippen LogP contribution < -0.4 is 0 Å². The lowest BCUT2D eigenvalue weighted by Crippen LogP contribution is -2.42. The van der Waals surface area contributed by atoms with E-state index in [2.05, 4.69) is 9.88 Å². The maximum atomic E-state index is 13.5. The molecule has 18 heavy (non-hydrogen) atoms. The number of likely N-dealkylation sites (N-methyl/N-ethyl adjacent to an activating group) is 1. The molecule has 0 aromatic carbocycles. The van der Waals surface area contributed by atoms with Gasteiger partial charge < -0.3 is 9.80 Å². The Morgan fingerprint density at radius 3 is 3.00 bits per heavy atom. The van der Waals surface area contributed by atoms with Crippen molar-refractivity contribution in [1.29, 1.82) is 0 Å². The summed E-state index contributed by atoms with van der Waals surface area (Å²) in [5, 5.41) is 0. The van der Waals surface area contributed by atoms with Gasteiger partial charge in [0.05, 0.1) is 5.56 Å². The summed E-state index contributed by atoms with van der Waals surface area (Å²) < 4.78 is 13.5. The predicted octanol–water partition coefficient (Wildman–Crippen LogP) is 1.39. The summed E-state index contributed by atoms with van der Waals surface area (Å²) in [4.78, 5) is 19.8. The number of aromatic nitrogens is 1. The van der Waals surface area contributed by atoms with Crippen LogP contribution in [0, 0.1) is 5.95 Å². The molecule has 2 rings (SSSR count). The van der Waals surface area contributed by atoms with Crippen molar-refractivity contribution in [2.75, 3.05) is 26.7 Å². The Hall–Kier alpha value is -1.49. The number of hydrogen-bond acceptors (Lipinski definition) is 3. The van der Waals surface area contributed by atoms with E-state index >= 15 is 0 Å². The Labute approximate surface area is 106 Å². The quantitative estimate of drug-likeness (QED) is 0.708. The third kappa shape index (κ3) is 2.67. The summed E-state index contributed by atoms with van der Waals surface area (Å²) in [6.45, 7) is 4.43. The summed E-state index contributed by atoms with van der Waals surface area (Å²) in [5.74, 6) is -0.948. The highest BCUT2D eigenvalue weighted by Gasteiger charge is 2.26. The lowest BCUT2D eigenvalue weighted by atomic mass is 10.2. The van der Waals surface area contributed by atoms with E-state index in [0.29, 0.717) is 6.54 Å². The fraction of sp³-hybridized carbons (Fsp3) is 0.538. The first-order valence-corrected chi connectivity index (χ1v) is 6.19. The van der Waals surface area contributed by atoms with E-state index in [1.165, 1.54) is 12.3 Å². The van der Waals surface area contributed by atoms with Gasteiger partial charge in [-0.2, -0.15) is 4.39 Å². The minimum absolute atomic E-state index is 0.0638. The summed E-state index contributed by atoms with van der Waals surface area (Å²) in [6.07, 6.45) is 2.26. The first-order valence-electron chi connectivity index (χ1n) is 6.19. The molecule has 0 radical (unpaired) electrons. The Morgan fingerprint density at radius 2 is 2.28 bits per heavy atom. The molecular weight excluding hydrogens is 233 g/mol. The van der Waals surface area contributed by atoms with Gasteiger partial charge in [0.2, 0.25) is 5.95 Å². The van der Waals surface area contributed by atoms with Crippen molar-refractivity contribution in [1.82, 2.24) is 14.8 Å². The van der Waals surface area contributed by atoms with Gasteiger partial charge in [-0.05, 0) is 39.1 Å². The molecule has 0 N–H and O–H groups in total. The van der Waals surface area contributed by atoms with Crippen LogP contribution in [0.5, 0.6) is 0 Å². The fourth-order valence-corrected chi connectivity index (χ4v) is 2.37. The maximum absolute atomic E-state index is 13.5. The molecule has 4 nitrogen and oxygen atoms in total. The van der Waals surface area contributed by atoms with E-state index in [0.717, 1.165) is 19.5 Å². The molecule has 1 atom stereocenters. The van der Waals surface area contributed by atoms with Crippen LogP contribution in [0.15, 0.2) is 18.3 Å². The summed E-state index contributed by atoms with van der Waals surface area (Å²) >= 11 is 0. The molecule has 0 aliphatic carbocycles. The van der Waals surface area contributed by atoms with E-state index in [-0.39, 0.29) is 17.5 Å². The van der Waals surface area contributed by atoms with Crippen molar-refractivity contribution in [3.8, 4) is 0 Å². The lowest BCUT2D eigenvalue weighted by molar-refractivity contribution is 0.0690. The van der Waals surface area contributed by atoms with Crippen LogP contribution in [-0.4, -0.2) is 53.4 Å². The Morgan fingerprint density at radius 1 is 1.50 bits per heavy atom. The van der Waals surface area contributed by atoms with Crippen LogP contribution in [0.3, 0.4) is 0 Å². The highest BCUT2D eigenvalue weighted by Crippen LogP contribution is 2.14. The molecule has 5 heteroatoms. The SMILES string of the molecule is CC1CN(C)CCCN1C(=O)c1cccnc1F. The minimum atomic E-state index is -0.688. The Bertz CT molecular complexity index is 438. The second-order valence-electron chi connectivity index (χ2n) is 4.81. The van der Waals surface area contributed by atoms with E-state index < -0.39 is 5.95 Å². The number of nitrogens with zero attached hydrogens (tertiary/aromatic N) is 3. The predicted molar refractivity (Wildman–Crippen MR) is 66.8 cm³/mol. The van der Waals surface area contributed by atoms with Crippen LogP contribution in [0.4, 0.5) is 4.39 Å². The molecule has 1 saturated heterocycles. The summed E-state index contributed by atoms with van der Waals surface area (Å²) in [5.41, 5.74) is 0.0638. The second kappa shape index (κ2) is 5.44. The molecule has 1 unspecified atom stereocenters. The van der Waals surface area contributed by atoms with Crippen molar-refractivity contribution in [2.45, 2.75) is 19.4 Å². The van der Waals surface area contributed by atoms with Crippen molar-refractivity contribution in [3.63, 3.8) is 0 Å². The van der Waals surface area contributed by atoms with Crippen LogP contribution >= 0.6 is 0 Å². The summed E-state index contributed by atoms with van der Waals surface area (Å²) in [6, 6.07) is 3.17. The maximum Gasteiger partial charge on any atom is 0.258 e. The molecule has 98 valence electrons. The van der Waals surface area contributed by atoms with Crippen LogP contribution in [-0.2, 0) is 0 Å². The van der Waals surface area contributed by atoms with Crippen LogP contribution in [0.2, 0.25) is 0 Å². The average molecular weight is 251 g/mol. The van der Waals surface area contributed by atoms with Crippen LogP contribution in [0.1, 0.15) is 23.7 Å². The second-order valence-corrected chi connectivity index (χ2v) is 4.81. The average Bonchev–Trinajstić information content (AvgIpc) is 2.50. The van der Waals surface area contributed by atoms with E-state index in [1.54, 1.807) is 11.0 Å². The standard InChI is InChI=1S/C13H18FN3O/c1-10-9-16(2)7-4-8-17(10)13(18)11-5-3-6-15-12(11)14/h3,5-6,10H,4,7-9H2,1-2H3. The van der Waals surface area contributed by atoms with Gasteiger partial charge in [-0.3, -0.25) is 4.79 Å². The van der Waals surface area contributed by atoms with Gasteiger partial charge in [-0.1, -0.05) is 0 Å². The van der Waals surface area contributed by atoms with Gasteiger partial charge in [-0.25, -0.2) is 4.98 Å². The number of rotatable bonds is 1. The normalized spacial score (nSPS) is 21.7. The molecule has 2 heterocycles. The van der Waals surface area contributed by atoms with Crippen molar-refractivity contribution in [3.05, 3.63) is 29.8 Å². The van der Waals surface area contributed by atoms with Gasteiger partial charge in [0, 0.05) is 25.3 Å². The zero-order valence-corrected chi connectivity index (χ0v) is 10.8. The third-order valence-corrected chi connectivity index (χ3v) is 3.30. The molecule has 1 aliphatic rings. The topological polar surface area (TPSA) is 36.4 Å². The fourth-order valence-electron chi connectivity index (χ4n) is 2.37. The molecule has 0 spiro atoms. The highest BCUT2D eigenvalue weighted by atomic mass is 19.1. The minimum Gasteiger partial charge on any atom is -0.334 e. The first-order chi connectivity index (χ1) is 8.59. The van der Waals surface area contributed by atoms with Crippen molar-refractivity contribution < 1.29 is 9.18 Å². The van der Waals surface area contributed by atoms with E-state index in [4.69, 9.17) is 0 Å². The first kappa shape index (κ1) is 13.0. The number of carbonyl (C=O) groups excluding carboxylic acids is 1. The van der Waals surface area contributed by atoms with Gasteiger partial charge in [0.1, 0.15) is 0 Å². The molecule has 0 bridgehead atoms. The van der Waals surface area contributed by atoms with Gasteiger partial charge in [0.15, 0.2) is 0 Å². The monoisotopic (exact) mass is 251 g/mol. The molecular formula is C13H18FN3O. The number of carbonyl (C=O) groups is 1. The van der Waals surface area contributed by atoms with Crippen molar-refractivity contribution in [2.24, 2.45) is 0 Å². The number of hydrogen-bond donors (Lipinski definition) is 0. The third-order valence-electron chi connectivity index (χ3n) is 3.30. The number of pyridine rings is 1. The molecule has 1 amide bonds. The molecule has 0 saturated carbocycles. The molecule has 1 aromatic rings. The molecule has 1 fully saturated rings. The lowest BCUT2D eigenvalue weighted by Gasteiger charge is -2.28. The Kier molecular flexibility index (Phi) is 3.91. The summed E-state index contributed by atoms with van der Waals surface area (Å²) in [7, 11) is 2.04. The number of amides is 1. The van der Waals surface area contributed by atoms with Crippen molar-refractivity contribution >= 4 is 5.91 Å². The smallest absolute Gasteiger partial charge is 0.258 e. The largest absolute Gasteiger partial charge is 0.334 e. The van der Waals surface area contributed by atoms with E-state index in [9.17, 15) is 9.18 Å². The zero-order chi connectivity index (χ0) is 13.1. The Balaban J connectivity index is 2.20. The van der Waals surface area contributed by atoms with Gasteiger partial charge in [0.25, 0.3) is 5.91 Å². The molecule has 1 aliphatic heterocycles. The van der Waals surface area contributed by atoms with E-state index in [1.807, 2.05) is 14.0 Å². The zero-order valence-electron chi connectivity index (χ0n) is 10.8. The van der Waals surface area contributed by atoms with Gasteiger partial charge >= 0.3 is 0 Å².